The van der Waals surface area contributed by atoms with Crippen molar-refractivity contribution >= 4 is 0 Å². The van der Waals surface area contributed by atoms with Gasteiger partial charge in [0.05, 0.1) is 6.10 Å². The van der Waals surface area contributed by atoms with Crippen molar-refractivity contribution in [1.82, 2.24) is 0 Å². The second-order valence-corrected chi connectivity index (χ2v) is 11.8. The van der Waals surface area contributed by atoms with Gasteiger partial charge in [-0.05, 0) is 106 Å². The summed E-state index contributed by atoms with van der Waals surface area (Å²) < 4.78 is 28.8. The van der Waals surface area contributed by atoms with Gasteiger partial charge in [-0.15, -0.1) is 0 Å². The average Bonchev–Trinajstić information content (AvgIpc) is 2.96. The summed E-state index contributed by atoms with van der Waals surface area (Å²) in [7, 11) is 0. The molecule has 0 aromatic heterocycles. The zero-order valence-electron chi connectivity index (χ0n) is 18.7. The Kier molecular flexibility index (Phi) is 5.26. The maximum Gasteiger partial charge on any atom is 0.275 e. The Hall–Kier alpha value is -0.480. The number of hydrogen-bond donors (Lipinski definition) is 2. The number of allylic oxidation sites excluding steroid dienone is 1. The minimum atomic E-state index is -3.03. The molecule has 3 fully saturated rings. The van der Waals surface area contributed by atoms with Crippen LogP contribution in [-0.4, -0.2) is 27.8 Å². The summed E-state index contributed by atoms with van der Waals surface area (Å²) in [5, 5.41) is 20.0. The number of fused-ring (bicyclic) bond motifs is 5. The van der Waals surface area contributed by atoms with Gasteiger partial charge < -0.3 is 10.2 Å². The Bertz CT molecular complexity index is 666. The van der Waals surface area contributed by atoms with Crippen molar-refractivity contribution in [2.75, 3.05) is 0 Å². The Balaban J connectivity index is 1.50. The highest BCUT2D eigenvalue weighted by molar-refractivity contribution is 5.25. The summed E-state index contributed by atoms with van der Waals surface area (Å²) in [6.07, 6.45) is 11.1. The van der Waals surface area contributed by atoms with Crippen LogP contribution in [0.2, 0.25) is 0 Å². The van der Waals surface area contributed by atoms with Crippen LogP contribution in [0.25, 0.3) is 0 Å². The maximum absolute atomic E-state index is 14.4. The third kappa shape index (κ3) is 3.41. The van der Waals surface area contributed by atoms with E-state index in [9.17, 15) is 19.0 Å². The molecule has 7 unspecified atom stereocenters. The molecule has 4 rings (SSSR count). The maximum atomic E-state index is 14.4. The van der Waals surface area contributed by atoms with Gasteiger partial charge in [-0.25, -0.2) is 8.78 Å². The van der Waals surface area contributed by atoms with Gasteiger partial charge >= 0.3 is 0 Å². The van der Waals surface area contributed by atoms with E-state index >= 15 is 0 Å². The molecule has 0 radical (unpaired) electrons. The number of hydrogen-bond acceptors (Lipinski definition) is 2. The fourth-order valence-corrected chi connectivity index (χ4v) is 7.89. The number of alkyl halides is 2. The van der Waals surface area contributed by atoms with Crippen molar-refractivity contribution in [2.45, 2.75) is 110 Å². The molecule has 0 amide bonds. The summed E-state index contributed by atoms with van der Waals surface area (Å²) in [5.41, 5.74) is -0.0725. The lowest BCUT2D eigenvalue weighted by molar-refractivity contribution is -0.169. The predicted octanol–water partition coefficient (Wildman–Crippen LogP) is 6.11. The normalized spacial score (nSPS) is 45.2. The molecule has 0 spiro atoms. The zero-order chi connectivity index (χ0) is 21.2. The van der Waals surface area contributed by atoms with Gasteiger partial charge in [-0.2, -0.15) is 0 Å². The zero-order valence-corrected chi connectivity index (χ0v) is 18.7. The summed E-state index contributed by atoms with van der Waals surface area (Å²) in [6.45, 7) is 7.26. The standard InChI is InChI=1S/C25H40F2O2/c1-22(2,29)25(26,27)14-9-16-6-8-20-19-7-5-17-15-18(28)10-12-24(17,4)21(19)11-13-23(16,20)3/h5,16,18-21,28-29H,6-15H2,1-4H3. The molecule has 0 bridgehead atoms. The summed E-state index contributed by atoms with van der Waals surface area (Å²) in [5.74, 6) is -0.712. The lowest BCUT2D eigenvalue weighted by atomic mass is 9.47. The van der Waals surface area contributed by atoms with Crippen LogP contribution in [0.5, 0.6) is 0 Å². The van der Waals surface area contributed by atoms with Gasteiger partial charge in [-0.3, -0.25) is 0 Å². The topological polar surface area (TPSA) is 40.5 Å². The molecule has 4 aliphatic carbocycles. The molecule has 4 aliphatic rings. The summed E-state index contributed by atoms with van der Waals surface area (Å²) in [6, 6.07) is 0. The number of aliphatic hydroxyl groups is 2. The molecule has 4 heteroatoms. The van der Waals surface area contributed by atoms with E-state index in [2.05, 4.69) is 19.9 Å². The van der Waals surface area contributed by atoms with E-state index in [1.54, 1.807) is 0 Å². The van der Waals surface area contributed by atoms with Crippen LogP contribution < -0.4 is 0 Å². The molecule has 166 valence electrons. The van der Waals surface area contributed by atoms with Gasteiger partial charge in [0.2, 0.25) is 0 Å². The third-order valence-corrected chi connectivity index (χ3v) is 9.98. The lowest BCUT2D eigenvalue weighted by Crippen LogP contribution is -2.50. The minimum absolute atomic E-state index is 0.159. The number of rotatable bonds is 4. The van der Waals surface area contributed by atoms with Crippen LogP contribution >= 0.6 is 0 Å². The Morgan fingerprint density at radius 1 is 1.07 bits per heavy atom. The molecular weight excluding hydrogens is 370 g/mol. The number of halogens is 2. The molecule has 0 heterocycles. The SMILES string of the molecule is CC12CCC(O)CC1=CCC1C2CCC2(C)C(CCC(F)(F)C(C)(C)O)CCC12. The van der Waals surface area contributed by atoms with Crippen molar-refractivity contribution in [3.63, 3.8) is 0 Å². The van der Waals surface area contributed by atoms with E-state index in [1.807, 2.05) is 0 Å². The average molecular weight is 411 g/mol. The van der Waals surface area contributed by atoms with Crippen LogP contribution in [0, 0.1) is 34.5 Å². The Morgan fingerprint density at radius 3 is 2.48 bits per heavy atom. The van der Waals surface area contributed by atoms with Crippen molar-refractivity contribution in [3.05, 3.63) is 11.6 Å². The van der Waals surface area contributed by atoms with Crippen molar-refractivity contribution < 1.29 is 19.0 Å². The van der Waals surface area contributed by atoms with Crippen LogP contribution in [0.1, 0.15) is 91.9 Å². The monoisotopic (exact) mass is 410 g/mol. The van der Waals surface area contributed by atoms with E-state index in [1.165, 1.54) is 25.8 Å². The first-order chi connectivity index (χ1) is 13.4. The first kappa shape index (κ1) is 21.7. The first-order valence-electron chi connectivity index (χ1n) is 11.9. The van der Waals surface area contributed by atoms with Gasteiger partial charge in [0.25, 0.3) is 5.92 Å². The molecule has 29 heavy (non-hydrogen) atoms. The van der Waals surface area contributed by atoms with Crippen LogP contribution in [0.3, 0.4) is 0 Å². The van der Waals surface area contributed by atoms with Crippen LogP contribution in [0.4, 0.5) is 8.78 Å². The Labute approximate surface area is 175 Å². The molecule has 0 aromatic rings. The highest BCUT2D eigenvalue weighted by Gasteiger charge is 2.59. The van der Waals surface area contributed by atoms with Crippen molar-refractivity contribution in [1.29, 1.82) is 0 Å². The molecule has 2 N–H and O–H groups in total. The highest BCUT2D eigenvalue weighted by atomic mass is 19.3. The van der Waals surface area contributed by atoms with Gasteiger partial charge in [-0.1, -0.05) is 25.5 Å². The van der Waals surface area contributed by atoms with E-state index in [4.69, 9.17) is 0 Å². The fraction of sp³-hybridized carbons (Fsp3) is 0.920. The van der Waals surface area contributed by atoms with Gasteiger partial charge in [0.15, 0.2) is 0 Å². The predicted molar refractivity (Wildman–Crippen MR) is 112 cm³/mol. The first-order valence-corrected chi connectivity index (χ1v) is 11.9. The molecule has 0 aromatic carbocycles. The molecular formula is C25H40F2O2. The van der Waals surface area contributed by atoms with Gasteiger partial charge in [0.1, 0.15) is 5.60 Å². The third-order valence-electron chi connectivity index (χ3n) is 9.98. The summed E-state index contributed by atoms with van der Waals surface area (Å²) >= 11 is 0. The minimum Gasteiger partial charge on any atom is -0.393 e. The largest absolute Gasteiger partial charge is 0.393 e. The van der Waals surface area contributed by atoms with Crippen LogP contribution in [0.15, 0.2) is 11.6 Å². The molecule has 3 saturated carbocycles. The molecule has 2 nitrogen and oxygen atoms in total. The van der Waals surface area contributed by atoms with E-state index in [0.29, 0.717) is 30.1 Å². The Morgan fingerprint density at radius 2 is 1.79 bits per heavy atom. The van der Waals surface area contributed by atoms with Crippen molar-refractivity contribution in [3.8, 4) is 0 Å². The summed E-state index contributed by atoms with van der Waals surface area (Å²) in [4.78, 5) is 0. The van der Waals surface area contributed by atoms with Crippen molar-refractivity contribution in [2.24, 2.45) is 34.5 Å². The highest BCUT2D eigenvalue weighted by Crippen LogP contribution is 2.66. The van der Waals surface area contributed by atoms with E-state index in [-0.39, 0.29) is 23.4 Å². The fourth-order valence-electron chi connectivity index (χ4n) is 7.89. The lowest BCUT2D eigenvalue weighted by Gasteiger charge is -2.58. The molecule has 0 aliphatic heterocycles. The molecule has 7 atom stereocenters. The van der Waals surface area contributed by atoms with E-state index < -0.39 is 11.5 Å². The second kappa shape index (κ2) is 7.02. The number of aliphatic hydroxyl groups excluding tert-OH is 1. The van der Waals surface area contributed by atoms with Crippen LogP contribution in [-0.2, 0) is 0 Å². The van der Waals surface area contributed by atoms with Gasteiger partial charge in [0, 0.05) is 6.42 Å². The quantitative estimate of drug-likeness (QED) is 0.549. The smallest absolute Gasteiger partial charge is 0.275 e. The molecule has 0 saturated heterocycles. The second-order valence-electron chi connectivity index (χ2n) is 11.8. The van der Waals surface area contributed by atoms with E-state index in [0.717, 1.165) is 44.9 Å².